The van der Waals surface area contributed by atoms with Crippen molar-refractivity contribution in [3.8, 4) is 17.2 Å². The van der Waals surface area contributed by atoms with Gasteiger partial charge in [0.15, 0.2) is 0 Å². The van der Waals surface area contributed by atoms with Gasteiger partial charge in [-0.05, 0) is 49.9 Å². The molecule has 32 heavy (non-hydrogen) atoms. The zero-order valence-corrected chi connectivity index (χ0v) is 18.6. The van der Waals surface area contributed by atoms with E-state index in [0.29, 0.717) is 24.5 Å². The molecule has 0 radical (unpaired) electrons. The SMILES string of the molecule is COc1cc(OC)c2cc(CCCNC(=O)c3cccc(OC[C@H]4CCCO4)c3)[nH]c2c1. The van der Waals surface area contributed by atoms with Gasteiger partial charge in [-0.3, -0.25) is 4.79 Å². The Labute approximate surface area is 188 Å². The van der Waals surface area contributed by atoms with Crippen LogP contribution < -0.4 is 19.5 Å². The molecule has 170 valence electrons. The number of H-pyrrole nitrogens is 1. The largest absolute Gasteiger partial charge is 0.497 e. The molecule has 1 aliphatic rings. The second-order valence-electron chi connectivity index (χ2n) is 7.92. The Morgan fingerprint density at radius 1 is 1.16 bits per heavy atom. The number of aromatic nitrogens is 1. The lowest BCUT2D eigenvalue weighted by Crippen LogP contribution is -2.25. The molecule has 1 amide bonds. The summed E-state index contributed by atoms with van der Waals surface area (Å²) in [6.07, 6.45) is 3.88. The second-order valence-corrected chi connectivity index (χ2v) is 7.92. The molecule has 2 heterocycles. The summed E-state index contributed by atoms with van der Waals surface area (Å²) in [6.45, 7) is 1.90. The number of aromatic amines is 1. The van der Waals surface area contributed by atoms with E-state index in [9.17, 15) is 4.79 Å². The average Bonchev–Trinajstić information content (AvgIpc) is 3.49. The van der Waals surface area contributed by atoms with Gasteiger partial charge in [0.2, 0.25) is 0 Å². The van der Waals surface area contributed by atoms with E-state index >= 15 is 0 Å². The lowest BCUT2D eigenvalue weighted by Gasteiger charge is -2.12. The molecule has 1 aliphatic heterocycles. The van der Waals surface area contributed by atoms with Crippen LogP contribution in [0.4, 0.5) is 0 Å². The molecule has 3 aromatic rings. The van der Waals surface area contributed by atoms with E-state index in [4.69, 9.17) is 18.9 Å². The minimum Gasteiger partial charge on any atom is -0.497 e. The van der Waals surface area contributed by atoms with E-state index in [1.807, 2.05) is 24.3 Å². The predicted molar refractivity (Wildman–Crippen MR) is 123 cm³/mol. The Morgan fingerprint density at radius 2 is 2.06 bits per heavy atom. The van der Waals surface area contributed by atoms with Gasteiger partial charge in [0, 0.05) is 41.9 Å². The number of rotatable bonds is 10. The highest BCUT2D eigenvalue weighted by Gasteiger charge is 2.16. The van der Waals surface area contributed by atoms with Gasteiger partial charge in [-0.1, -0.05) is 6.07 Å². The predicted octanol–water partition coefficient (Wildman–Crippen LogP) is 4.11. The summed E-state index contributed by atoms with van der Waals surface area (Å²) in [5, 5.41) is 4.01. The Kier molecular flexibility index (Phi) is 7.17. The molecule has 1 saturated heterocycles. The summed E-state index contributed by atoms with van der Waals surface area (Å²) >= 11 is 0. The molecule has 1 aromatic heterocycles. The first kappa shape index (κ1) is 22.0. The van der Waals surface area contributed by atoms with Crippen LogP contribution in [0, 0.1) is 0 Å². The number of fused-ring (bicyclic) bond motifs is 1. The number of hydrogen-bond acceptors (Lipinski definition) is 5. The smallest absolute Gasteiger partial charge is 0.251 e. The molecule has 0 aliphatic carbocycles. The van der Waals surface area contributed by atoms with E-state index in [1.54, 1.807) is 26.4 Å². The maximum atomic E-state index is 12.5. The summed E-state index contributed by atoms with van der Waals surface area (Å²) in [5.74, 6) is 2.11. The van der Waals surface area contributed by atoms with Crippen molar-refractivity contribution >= 4 is 16.8 Å². The first-order valence-corrected chi connectivity index (χ1v) is 11.0. The van der Waals surface area contributed by atoms with Crippen molar-refractivity contribution in [2.45, 2.75) is 31.8 Å². The molecule has 0 saturated carbocycles. The number of methoxy groups -OCH3 is 2. The fourth-order valence-electron chi connectivity index (χ4n) is 3.93. The van der Waals surface area contributed by atoms with Crippen LogP contribution >= 0.6 is 0 Å². The minimum atomic E-state index is -0.101. The molecule has 1 atom stereocenters. The monoisotopic (exact) mass is 438 g/mol. The fraction of sp³-hybridized carbons (Fsp3) is 0.400. The van der Waals surface area contributed by atoms with E-state index < -0.39 is 0 Å². The highest BCUT2D eigenvalue weighted by molar-refractivity contribution is 5.94. The first-order chi connectivity index (χ1) is 15.7. The number of carbonyl (C=O) groups excluding carboxylic acids is 1. The minimum absolute atomic E-state index is 0.101. The quantitative estimate of drug-likeness (QED) is 0.466. The fourth-order valence-corrected chi connectivity index (χ4v) is 3.93. The number of nitrogens with one attached hydrogen (secondary N) is 2. The standard InChI is InChI=1S/C25H30N2O5/c1-29-21-14-23-22(24(15-21)30-2)13-18(27-23)7-4-10-26-25(28)17-6-3-8-19(12-17)32-16-20-9-5-11-31-20/h3,6,8,12-15,20,27H,4-5,7,9-11,16H2,1-2H3,(H,26,28)/t20-/m1/s1. The summed E-state index contributed by atoms with van der Waals surface area (Å²) < 4.78 is 22.2. The Bertz CT molecular complexity index is 1060. The highest BCUT2D eigenvalue weighted by Crippen LogP contribution is 2.31. The van der Waals surface area contributed by atoms with Gasteiger partial charge in [-0.2, -0.15) is 0 Å². The zero-order valence-electron chi connectivity index (χ0n) is 18.6. The first-order valence-electron chi connectivity index (χ1n) is 11.0. The summed E-state index contributed by atoms with van der Waals surface area (Å²) in [5.41, 5.74) is 2.66. The number of ether oxygens (including phenoxy) is 4. The normalized spacial score (nSPS) is 15.6. The third-order valence-corrected chi connectivity index (χ3v) is 5.65. The maximum absolute atomic E-state index is 12.5. The van der Waals surface area contributed by atoms with Gasteiger partial charge in [0.25, 0.3) is 5.91 Å². The summed E-state index contributed by atoms with van der Waals surface area (Å²) in [4.78, 5) is 15.9. The van der Waals surface area contributed by atoms with Crippen LogP contribution in [0.5, 0.6) is 17.2 Å². The number of hydrogen-bond donors (Lipinski definition) is 2. The lowest BCUT2D eigenvalue weighted by atomic mass is 10.2. The summed E-state index contributed by atoms with van der Waals surface area (Å²) in [6, 6.07) is 13.2. The topological polar surface area (TPSA) is 81.8 Å². The lowest BCUT2D eigenvalue weighted by molar-refractivity contribution is 0.0679. The Balaban J connectivity index is 1.27. The molecule has 7 heteroatoms. The molecule has 0 unspecified atom stereocenters. The van der Waals surface area contributed by atoms with Gasteiger partial charge >= 0.3 is 0 Å². The van der Waals surface area contributed by atoms with Gasteiger partial charge in [0.1, 0.15) is 23.9 Å². The van der Waals surface area contributed by atoms with Crippen molar-refractivity contribution in [2.24, 2.45) is 0 Å². The van der Waals surface area contributed by atoms with Crippen molar-refractivity contribution in [2.75, 3.05) is 34.0 Å². The van der Waals surface area contributed by atoms with Crippen LogP contribution in [0.15, 0.2) is 42.5 Å². The van der Waals surface area contributed by atoms with Crippen LogP contribution in [0.25, 0.3) is 10.9 Å². The third-order valence-electron chi connectivity index (χ3n) is 5.65. The molecule has 0 spiro atoms. The van der Waals surface area contributed by atoms with Crippen LogP contribution in [0.1, 0.15) is 35.3 Å². The van der Waals surface area contributed by atoms with Crippen molar-refractivity contribution in [1.29, 1.82) is 0 Å². The molecule has 2 N–H and O–H groups in total. The van der Waals surface area contributed by atoms with Crippen LogP contribution in [0.3, 0.4) is 0 Å². The number of benzene rings is 2. The Hall–Kier alpha value is -3.19. The maximum Gasteiger partial charge on any atom is 0.251 e. The third kappa shape index (κ3) is 5.34. The second kappa shape index (κ2) is 10.4. The van der Waals surface area contributed by atoms with Gasteiger partial charge in [0.05, 0.1) is 25.8 Å². The molecule has 0 bridgehead atoms. The van der Waals surface area contributed by atoms with E-state index in [0.717, 1.165) is 60.4 Å². The van der Waals surface area contributed by atoms with Gasteiger partial charge in [-0.25, -0.2) is 0 Å². The number of amides is 1. The number of aryl methyl sites for hydroxylation is 1. The molecule has 1 fully saturated rings. The Morgan fingerprint density at radius 3 is 2.84 bits per heavy atom. The zero-order chi connectivity index (χ0) is 22.3. The van der Waals surface area contributed by atoms with E-state index in [-0.39, 0.29) is 12.0 Å². The van der Waals surface area contributed by atoms with Crippen LogP contribution in [-0.4, -0.2) is 51.0 Å². The highest BCUT2D eigenvalue weighted by atomic mass is 16.5. The van der Waals surface area contributed by atoms with Crippen molar-refractivity contribution in [3.05, 3.63) is 53.7 Å². The van der Waals surface area contributed by atoms with E-state index in [2.05, 4.69) is 16.4 Å². The van der Waals surface area contributed by atoms with Gasteiger partial charge in [-0.15, -0.1) is 0 Å². The summed E-state index contributed by atoms with van der Waals surface area (Å²) in [7, 11) is 3.29. The molecular formula is C25H30N2O5. The molecule has 7 nitrogen and oxygen atoms in total. The van der Waals surface area contributed by atoms with Crippen LogP contribution in [0.2, 0.25) is 0 Å². The van der Waals surface area contributed by atoms with Crippen molar-refractivity contribution in [1.82, 2.24) is 10.3 Å². The van der Waals surface area contributed by atoms with Crippen molar-refractivity contribution in [3.63, 3.8) is 0 Å². The average molecular weight is 439 g/mol. The van der Waals surface area contributed by atoms with Crippen molar-refractivity contribution < 1.29 is 23.7 Å². The number of carbonyl (C=O) groups is 1. The van der Waals surface area contributed by atoms with E-state index in [1.165, 1.54) is 0 Å². The molecule has 2 aromatic carbocycles. The molecular weight excluding hydrogens is 408 g/mol. The van der Waals surface area contributed by atoms with Crippen LogP contribution in [-0.2, 0) is 11.2 Å². The molecule has 4 rings (SSSR count). The van der Waals surface area contributed by atoms with Gasteiger partial charge < -0.3 is 29.2 Å².